The van der Waals surface area contributed by atoms with E-state index < -0.39 is 0 Å². The fraction of sp³-hybridized carbons (Fsp3) is 0.267. The number of halogens is 1. The number of hydrazone groups is 1. The smallest absolute Gasteiger partial charge is 0.148 e. The van der Waals surface area contributed by atoms with Gasteiger partial charge in [-0.15, -0.1) is 11.8 Å². The second-order valence-electron chi connectivity index (χ2n) is 5.12. The fourth-order valence-electron chi connectivity index (χ4n) is 2.43. The second kappa shape index (κ2) is 7.96. The van der Waals surface area contributed by atoms with Gasteiger partial charge in [0, 0.05) is 23.7 Å². The Morgan fingerprint density at radius 2 is 2.29 bits per heavy atom. The van der Waals surface area contributed by atoms with Gasteiger partial charge in [-0.2, -0.15) is 14.7 Å². The summed E-state index contributed by atoms with van der Waals surface area (Å²) in [7, 11) is 0. The number of benzene rings is 1. The molecule has 24 heavy (non-hydrogen) atoms. The first kappa shape index (κ1) is 17.2. The molecule has 6 nitrogen and oxygen atoms in total. The van der Waals surface area contributed by atoms with E-state index in [-0.39, 0.29) is 12.0 Å². The lowest BCUT2D eigenvalue weighted by Crippen LogP contribution is -2.25. The van der Waals surface area contributed by atoms with Gasteiger partial charge in [-0.3, -0.25) is 10.9 Å². The SMILES string of the molecule is CSc1nsc(N/N=C/C2CNNC2c2ccc(Cl)cc2)c1C#N. The summed E-state index contributed by atoms with van der Waals surface area (Å²) in [4.78, 5) is 0. The Labute approximate surface area is 153 Å². The maximum atomic E-state index is 9.22. The van der Waals surface area contributed by atoms with Gasteiger partial charge >= 0.3 is 0 Å². The molecule has 0 amide bonds. The summed E-state index contributed by atoms with van der Waals surface area (Å²) in [5, 5.41) is 15.6. The molecule has 0 saturated carbocycles. The topological polar surface area (TPSA) is 85.1 Å². The molecular weight excluding hydrogens is 364 g/mol. The molecule has 0 aliphatic carbocycles. The summed E-state index contributed by atoms with van der Waals surface area (Å²) in [6.07, 6.45) is 3.75. The number of aromatic nitrogens is 1. The minimum Gasteiger partial charge on any atom is -0.266 e. The van der Waals surface area contributed by atoms with Crippen LogP contribution in [0.15, 0.2) is 34.4 Å². The molecule has 2 aromatic rings. The molecule has 2 heterocycles. The largest absolute Gasteiger partial charge is 0.266 e. The van der Waals surface area contributed by atoms with Crippen molar-refractivity contribution in [2.75, 3.05) is 18.2 Å². The molecule has 124 valence electrons. The average Bonchev–Trinajstić information content (AvgIpc) is 3.22. The number of hydrogen-bond donors (Lipinski definition) is 3. The number of nitrogens with one attached hydrogen (secondary N) is 3. The Kier molecular flexibility index (Phi) is 5.71. The molecule has 2 atom stereocenters. The van der Waals surface area contributed by atoms with Crippen molar-refractivity contribution in [1.29, 1.82) is 5.26 Å². The Morgan fingerprint density at radius 3 is 3.00 bits per heavy atom. The van der Waals surface area contributed by atoms with Crippen molar-refractivity contribution in [2.24, 2.45) is 11.0 Å². The first-order valence-corrected chi connectivity index (χ1v) is 9.57. The molecule has 9 heteroatoms. The molecule has 3 rings (SSSR count). The van der Waals surface area contributed by atoms with Gasteiger partial charge < -0.3 is 0 Å². The minimum absolute atomic E-state index is 0.117. The summed E-state index contributed by atoms with van der Waals surface area (Å²) in [5.74, 6) is 0.178. The number of nitrogens with zero attached hydrogens (tertiary/aromatic N) is 3. The van der Waals surface area contributed by atoms with E-state index in [1.165, 1.54) is 23.3 Å². The van der Waals surface area contributed by atoms with Crippen LogP contribution in [-0.4, -0.2) is 23.4 Å². The highest BCUT2D eigenvalue weighted by atomic mass is 35.5. The lowest BCUT2D eigenvalue weighted by molar-refractivity contribution is 0.557. The predicted octanol–water partition coefficient (Wildman–Crippen LogP) is 3.25. The van der Waals surface area contributed by atoms with Crippen LogP contribution in [0.2, 0.25) is 5.02 Å². The van der Waals surface area contributed by atoms with E-state index in [1.807, 2.05) is 36.7 Å². The molecule has 2 unspecified atom stereocenters. The summed E-state index contributed by atoms with van der Waals surface area (Å²) in [6.45, 7) is 0.766. The molecular formula is C15H15ClN6S2. The summed E-state index contributed by atoms with van der Waals surface area (Å²) in [5.41, 5.74) is 11.0. The van der Waals surface area contributed by atoms with Crippen molar-refractivity contribution in [3.8, 4) is 6.07 Å². The van der Waals surface area contributed by atoms with Gasteiger partial charge in [-0.05, 0) is 35.5 Å². The number of hydrazine groups is 1. The van der Waals surface area contributed by atoms with Crippen LogP contribution in [0.3, 0.4) is 0 Å². The lowest BCUT2D eigenvalue weighted by atomic mass is 9.96. The van der Waals surface area contributed by atoms with E-state index in [0.29, 0.717) is 10.6 Å². The molecule has 1 aromatic carbocycles. The van der Waals surface area contributed by atoms with Crippen LogP contribution in [0.4, 0.5) is 5.00 Å². The van der Waals surface area contributed by atoms with Crippen molar-refractivity contribution >= 4 is 46.1 Å². The highest BCUT2D eigenvalue weighted by molar-refractivity contribution is 7.98. The Hall–Kier alpha value is -1.63. The van der Waals surface area contributed by atoms with Crippen LogP contribution in [0.1, 0.15) is 17.2 Å². The number of nitriles is 1. The number of anilines is 1. The van der Waals surface area contributed by atoms with Crippen molar-refractivity contribution in [3.63, 3.8) is 0 Å². The number of thioether (sulfide) groups is 1. The third-order valence-corrected chi connectivity index (χ3v) is 5.45. The average molecular weight is 379 g/mol. The zero-order chi connectivity index (χ0) is 16.9. The standard InChI is InChI=1S/C15H15ClN6S2/c1-23-15-12(6-17)14(24-22-15)21-19-8-10-7-18-20-13(10)9-2-4-11(16)5-3-9/h2-5,8,10,13,18,20-21H,7H2,1H3/b19-8+. The Morgan fingerprint density at radius 1 is 1.50 bits per heavy atom. The summed E-state index contributed by atoms with van der Waals surface area (Å²) < 4.78 is 4.24. The van der Waals surface area contributed by atoms with Crippen LogP contribution in [-0.2, 0) is 0 Å². The van der Waals surface area contributed by atoms with Crippen LogP contribution in [0.25, 0.3) is 0 Å². The van der Waals surface area contributed by atoms with E-state index in [1.54, 1.807) is 0 Å². The highest BCUT2D eigenvalue weighted by Crippen LogP contribution is 2.30. The van der Waals surface area contributed by atoms with Crippen molar-refractivity contribution < 1.29 is 0 Å². The molecule has 1 aliphatic rings. The van der Waals surface area contributed by atoms with Gasteiger partial charge in [0.2, 0.25) is 0 Å². The summed E-state index contributed by atoms with van der Waals surface area (Å²) >= 11 is 8.64. The first-order valence-electron chi connectivity index (χ1n) is 7.19. The van der Waals surface area contributed by atoms with Gasteiger partial charge in [0.15, 0.2) is 0 Å². The molecule has 0 bridgehead atoms. The molecule has 1 fully saturated rings. The van der Waals surface area contributed by atoms with Crippen LogP contribution in [0.5, 0.6) is 0 Å². The third-order valence-electron chi connectivity index (χ3n) is 3.65. The molecule has 0 spiro atoms. The van der Waals surface area contributed by atoms with E-state index in [2.05, 4.69) is 31.8 Å². The molecule has 0 radical (unpaired) electrons. The van der Waals surface area contributed by atoms with Crippen molar-refractivity contribution in [1.82, 2.24) is 15.2 Å². The normalized spacial score (nSPS) is 20.4. The second-order valence-corrected chi connectivity index (χ2v) is 7.12. The zero-order valence-electron chi connectivity index (χ0n) is 12.8. The van der Waals surface area contributed by atoms with Crippen molar-refractivity contribution in [2.45, 2.75) is 11.1 Å². The monoisotopic (exact) mass is 378 g/mol. The first-order chi connectivity index (χ1) is 11.7. The molecule has 1 saturated heterocycles. The van der Waals surface area contributed by atoms with Gasteiger partial charge in [0.1, 0.15) is 21.7 Å². The fourth-order valence-corrected chi connectivity index (χ4v) is 3.98. The van der Waals surface area contributed by atoms with Gasteiger partial charge in [0.25, 0.3) is 0 Å². The van der Waals surface area contributed by atoms with E-state index in [0.717, 1.165) is 22.2 Å². The number of hydrogen-bond acceptors (Lipinski definition) is 8. The van der Waals surface area contributed by atoms with Gasteiger partial charge in [-0.25, -0.2) is 5.43 Å². The maximum Gasteiger partial charge on any atom is 0.148 e. The third kappa shape index (κ3) is 3.71. The Bertz CT molecular complexity index is 767. The van der Waals surface area contributed by atoms with E-state index in [9.17, 15) is 5.26 Å². The van der Waals surface area contributed by atoms with Crippen LogP contribution in [0, 0.1) is 17.2 Å². The predicted molar refractivity (Wildman–Crippen MR) is 99.5 cm³/mol. The van der Waals surface area contributed by atoms with Crippen LogP contribution < -0.4 is 16.3 Å². The zero-order valence-corrected chi connectivity index (χ0v) is 15.2. The van der Waals surface area contributed by atoms with Gasteiger partial charge in [-0.1, -0.05) is 23.7 Å². The van der Waals surface area contributed by atoms with E-state index in [4.69, 9.17) is 11.6 Å². The van der Waals surface area contributed by atoms with E-state index >= 15 is 0 Å². The van der Waals surface area contributed by atoms with Gasteiger partial charge in [0.05, 0.1) is 6.04 Å². The molecule has 1 aliphatic heterocycles. The van der Waals surface area contributed by atoms with Crippen LogP contribution >= 0.6 is 34.9 Å². The lowest BCUT2D eigenvalue weighted by Gasteiger charge is -2.15. The number of rotatable bonds is 5. The van der Waals surface area contributed by atoms with Crippen molar-refractivity contribution in [3.05, 3.63) is 40.4 Å². The maximum absolute atomic E-state index is 9.22. The molecule has 1 aromatic heterocycles. The highest BCUT2D eigenvalue weighted by Gasteiger charge is 2.26. The Balaban J connectivity index is 1.69. The summed E-state index contributed by atoms with van der Waals surface area (Å²) in [6, 6.07) is 10.0. The molecule has 3 N–H and O–H groups in total. The quantitative estimate of drug-likeness (QED) is 0.420. The minimum atomic E-state index is 0.117.